The maximum absolute atomic E-state index is 11.4. The van der Waals surface area contributed by atoms with Gasteiger partial charge in [-0.15, -0.1) is 0 Å². The molecule has 0 spiro atoms. The molecule has 0 saturated carbocycles. The molecule has 0 atom stereocenters. The molecule has 1 aromatic heterocycles. The van der Waals surface area contributed by atoms with Gasteiger partial charge in [0.1, 0.15) is 11.5 Å². The van der Waals surface area contributed by atoms with Gasteiger partial charge in [0.2, 0.25) is 0 Å². The average Bonchev–Trinajstić information content (AvgIpc) is 2.41. The van der Waals surface area contributed by atoms with Crippen molar-refractivity contribution in [1.29, 1.82) is 0 Å². The van der Waals surface area contributed by atoms with Gasteiger partial charge in [-0.05, 0) is 31.9 Å². The Balaban J connectivity index is 2.56. The van der Waals surface area contributed by atoms with E-state index in [0.29, 0.717) is 5.75 Å². The van der Waals surface area contributed by atoms with Crippen LogP contribution in [0.1, 0.15) is 53.5 Å². The highest BCUT2D eigenvalue weighted by atomic mass is 16.5. The van der Waals surface area contributed by atoms with Gasteiger partial charge < -0.3 is 14.6 Å². The van der Waals surface area contributed by atoms with Crippen LogP contribution < -0.4 is 9.84 Å². The molecule has 0 fully saturated rings. The zero-order chi connectivity index (χ0) is 17.4. The van der Waals surface area contributed by atoms with E-state index in [9.17, 15) is 9.90 Å². The molecule has 0 saturated heterocycles. The molecule has 0 aliphatic rings. The zero-order valence-electron chi connectivity index (χ0n) is 14.5. The van der Waals surface area contributed by atoms with Crippen molar-refractivity contribution >= 4 is 5.97 Å². The van der Waals surface area contributed by atoms with Crippen molar-refractivity contribution in [2.45, 2.75) is 47.0 Å². The molecule has 122 valence electrons. The van der Waals surface area contributed by atoms with Crippen LogP contribution in [0.25, 0.3) is 0 Å². The highest BCUT2D eigenvalue weighted by Crippen LogP contribution is 2.33. The number of ether oxygens (including phenoxy) is 1. The number of rotatable bonds is 3. The van der Waals surface area contributed by atoms with E-state index in [0.717, 1.165) is 22.4 Å². The molecule has 0 aliphatic carbocycles. The summed E-state index contributed by atoms with van der Waals surface area (Å²) in [5.41, 5.74) is 3.57. The van der Waals surface area contributed by atoms with Crippen LogP contribution in [0.3, 0.4) is 0 Å². The quantitative estimate of drug-likeness (QED) is 0.870. The van der Waals surface area contributed by atoms with Crippen LogP contribution >= 0.6 is 0 Å². The van der Waals surface area contributed by atoms with E-state index in [2.05, 4.69) is 4.98 Å². The van der Waals surface area contributed by atoms with Gasteiger partial charge in [0.25, 0.3) is 0 Å². The molecule has 0 amide bonds. The first kappa shape index (κ1) is 17.0. The smallest absolute Gasteiger partial charge is 0.139 e. The largest absolute Gasteiger partial charge is 0.545 e. The number of aromatic carboxylic acids is 1. The highest BCUT2D eigenvalue weighted by Gasteiger charge is 2.19. The Hall–Kier alpha value is -2.36. The average molecular weight is 312 g/mol. The Labute approximate surface area is 137 Å². The van der Waals surface area contributed by atoms with E-state index in [4.69, 9.17) is 4.74 Å². The molecule has 0 bridgehead atoms. The molecule has 23 heavy (non-hydrogen) atoms. The van der Waals surface area contributed by atoms with Crippen molar-refractivity contribution in [1.82, 2.24) is 4.98 Å². The fraction of sp³-hybridized carbons (Fsp3) is 0.368. The van der Waals surface area contributed by atoms with Crippen LogP contribution in [0, 0.1) is 20.8 Å². The second kappa shape index (κ2) is 6.03. The maximum atomic E-state index is 11.4. The van der Waals surface area contributed by atoms with Crippen molar-refractivity contribution in [3.05, 3.63) is 52.3 Å². The lowest BCUT2D eigenvalue weighted by atomic mass is 9.91. The molecule has 2 rings (SSSR count). The molecular weight excluding hydrogens is 290 g/mol. The number of carbonyl (C=O) groups excluding carboxylic acids is 1. The fourth-order valence-corrected chi connectivity index (χ4v) is 2.52. The summed E-state index contributed by atoms with van der Waals surface area (Å²) < 4.78 is 5.96. The third kappa shape index (κ3) is 3.70. The third-order valence-corrected chi connectivity index (χ3v) is 3.67. The first-order chi connectivity index (χ1) is 10.6. The summed E-state index contributed by atoms with van der Waals surface area (Å²) in [4.78, 5) is 15.6. The van der Waals surface area contributed by atoms with Gasteiger partial charge in [-0.25, -0.2) is 0 Å². The lowest BCUT2D eigenvalue weighted by Crippen LogP contribution is -2.24. The maximum Gasteiger partial charge on any atom is 0.139 e. The van der Waals surface area contributed by atoms with Crippen LogP contribution in [0.4, 0.5) is 0 Å². The minimum absolute atomic E-state index is 0.0441. The topological polar surface area (TPSA) is 62.2 Å². The summed E-state index contributed by atoms with van der Waals surface area (Å²) in [5.74, 6) is -0.362. The van der Waals surface area contributed by atoms with Gasteiger partial charge in [0.15, 0.2) is 0 Å². The number of aromatic nitrogens is 1. The Morgan fingerprint density at radius 1 is 1.09 bits per heavy atom. The number of nitrogens with zero attached hydrogens (tertiary/aromatic N) is 1. The minimum Gasteiger partial charge on any atom is -0.545 e. The van der Waals surface area contributed by atoms with E-state index in [1.165, 1.54) is 6.20 Å². The number of aryl methyl sites for hydroxylation is 3. The molecule has 0 aliphatic heterocycles. The molecule has 0 N–H and O–H groups in total. The molecular formula is C19H22NO3-. The van der Waals surface area contributed by atoms with Crippen molar-refractivity contribution in [3.8, 4) is 11.5 Å². The lowest BCUT2D eigenvalue weighted by molar-refractivity contribution is -0.255. The van der Waals surface area contributed by atoms with Crippen molar-refractivity contribution in [2.75, 3.05) is 0 Å². The number of carbonyl (C=O) groups is 1. The number of benzene rings is 1. The van der Waals surface area contributed by atoms with Crippen LogP contribution in [0.2, 0.25) is 0 Å². The molecule has 0 unspecified atom stereocenters. The monoisotopic (exact) mass is 312 g/mol. The number of carboxylic acid groups (broad SMARTS) is 1. The third-order valence-electron chi connectivity index (χ3n) is 3.67. The lowest BCUT2D eigenvalue weighted by Gasteiger charge is -2.21. The molecule has 0 radical (unpaired) electrons. The molecule has 1 heterocycles. The van der Waals surface area contributed by atoms with Crippen molar-refractivity contribution in [2.24, 2.45) is 0 Å². The number of carboxylic acids is 1. The van der Waals surface area contributed by atoms with E-state index in [1.54, 1.807) is 6.07 Å². The standard InChI is InChI=1S/C19H23NO3/c1-11-7-12(2)17(13(3)8-11)23-15-9-16(19(4,5)6)20-10-14(15)18(21)22/h7-10H,1-6H3,(H,21,22)/p-1. The van der Waals surface area contributed by atoms with E-state index >= 15 is 0 Å². The van der Waals surface area contributed by atoms with Crippen molar-refractivity contribution < 1.29 is 14.6 Å². The van der Waals surface area contributed by atoms with E-state index in [-0.39, 0.29) is 16.7 Å². The highest BCUT2D eigenvalue weighted by molar-refractivity contribution is 5.89. The molecule has 1 aromatic carbocycles. The van der Waals surface area contributed by atoms with E-state index in [1.807, 2.05) is 53.7 Å². The molecule has 2 aromatic rings. The van der Waals surface area contributed by atoms with E-state index < -0.39 is 5.97 Å². The summed E-state index contributed by atoms with van der Waals surface area (Å²) in [6, 6.07) is 5.70. The molecule has 4 heteroatoms. The Morgan fingerprint density at radius 3 is 2.13 bits per heavy atom. The Bertz CT molecular complexity index is 735. The normalized spacial score (nSPS) is 11.4. The second-order valence-corrected chi connectivity index (χ2v) is 6.93. The number of pyridine rings is 1. The Morgan fingerprint density at radius 2 is 1.65 bits per heavy atom. The minimum atomic E-state index is -1.30. The second-order valence-electron chi connectivity index (χ2n) is 6.93. The SMILES string of the molecule is Cc1cc(C)c(Oc2cc(C(C)(C)C)ncc2C(=O)[O-])c(C)c1. The summed E-state index contributed by atoms with van der Waals surface area (Å²) in [5, 5.41) is 11.4. The summed E-state index contributed by atoms with van der Waals surface area (Å²) in [7, 11) is 0. The van der Waals surface area contributed by atoms with Gasteiger partial charge in [-0.1, -0.05) is 38.5 Å². The first-order valence-corrected chi connectivity index (χ1v) is 7.57. The van der Waals surface area contributed by atoms with Gasteiger partial charge in [0.05, 0.1) is 11.5 Å². The summed E-state index contributed by atoms with van der Waals surface area (Å²) >= 11 is 0. The fourth-order valence-electron chi connectivity index (χ4n) is 2.52. The molecule has 4 nitrogen and oxygen atoms in total. The predicted octanol–water partition coefficient (Wildman–Crippen LogP) is 3.46. The van der Waals surface area contributed by atoms with Crippen LogP contribution in [0.5, 0.6) is 11.5 Å². The summed E-state index contributed by atoms with van der Waals surface area (Å²) in [6.07, 6.45) is 1.31. The van der Waals surface area contributed by atoms with Gasteiger partial charge in [0, 0.05) is 23.4 Å². The number of hydrogen-bond donors (Lipinski definition) is 0. The van der Waals surface area contributed by atoms with Gasteiger partial charge in [-0.3, -0.25) is 4.98 Å². The number of hydrogen-bond acceptors (Lipinski definition) is 4. The predicted molar refractivity (Wildman–Crippen MR) is 88.0 cm³/mol. The van der Waals surface area contributed by atoms with Crippen LogP contribution in [-0.4, -0.2) is 11.0 Å². The first-order valence-electron chi connectivity index (χ1n) is 7.57. The zero-order valence-corrected chi connectivity index (χ0v) is 14.5. The summed E-state index contributed by atoms with van der Waals surface area (Å²) in [6.45, 7) is 11.9. The Kier molecular flexibility index (Phi) is 4.46. The van der Waals surface area contributed by atoms with Crippen molar-refractivity contribution in [3.63, 3.8) is 0 Å². The van der Waals surface area contributed by atoms with Gasteiger partial charge >= 0.3 is 0 Å². The van der Waals surface area contributed by atoms with Crippen LogP contribution in [-0.2, 0) is 5.41 Å². The van der Waals surface area contributed by atoms with Gasteiger partial charge in [-0.2, -0.15) is 0 Å². The van der Waals surface area contributed by atoms with Crippen LogP contribution in [0.15, 0.2) is 24.4 Å².